The number of nitro benzene ring substituents is 1. The Morgan fingerprint density at radius 3 is 2.41 bits per heavy atom. The first-order valence-electron chi connectivity index (χ1n) is 8.11. The lowest BCUT2D eigenvalue weighted by atomic mass is 10.2. The van der Waals surface area contributed by atoms with Crippen LogP contribution in [0.2, 0.25) is 0 Å². The maximum Gasteiger partial charge on any atom is 0.310 e. The summed E-state index contributed by atoms with van der Waals surface area (Å²) < 4.78 is 51.6. The predicted molar refractivity (Wildman–Crippen MR) is 96.8 cm³/mol. The van der Waals surface area contributed by atoms with E-state index in [1.165, 1.54) is 41.3 Å². The van der Waals surface area contributed by atoms with Crippen molar-refractivity contribution in [2.75, 3.05) is 29.6 Å². The zero-order valence-electron chi connectivity index (χ0n) is 14.4. The Morgan fingerprint density at radius 2 is 1.81 bits per heavy atom. The number of hydrogen-bond acceptors (Lipinski definition) is 6. The van der Waals surface area contributed by atoms with Gasteiger partial charge in [-0.3, -0.25) is 10.1 Å². The van der Waals surface area contributed by atoms with Gasteiger partial charge in [0.05, 0.1) is 4.92 Å². The number of nitrogens with one attached hydrogen (secondary N) is 1. The Hall–Kier alpha value is -2.75. The molecule has 1 saturated heterocycles. The highest BCUT2D eigenvalue weighted by Crippen LogP contribution is 2.34. The van der Waals surface area contributed by atoms with Crippen LogP contribution in [-0.2, 0) is 9.84 Å². The first-order chi connectivity index (χ1) is 12.7. The summed E-state index contributed by atoms with van der Waals surface area (Å²) in [6.45, 7) is 0.577. The van der Waals surface area contributed by atoms with Gasteiger partial charge in [-0.05, 0) is 30.7 Å². The van der Waals surface area contributed by atoms with Crippen LogP contribution >= 0.6 is 0 Å². The van der Waals surface area contributed by atoms with E-state index in [1.54, 1.807) is 0 Å². The molecule has 0 aromatic heterocycles. The van der Waals surface area contributed by atoms with E-state index < -0.39 is 32.1 Å². The van der Waals surface area contributed by atoms with Gasteiger partial charge >= 0.3 is 5.69 Å². The number of halogens is 2. The first-order valence-corrected chi connectivity index (χ1v) is 10.0. The molecule has 27 heavy (non-hydrogen) atoms. The summed E-state index contributed by atoms with van der Waals surface area (Å²) in [5.41, 5.74) is -0.611. The van der Waals surface area contributed by atoms with Crippen molar-refractivity contribution in [1.29, 1.82) is 0 Å². The van der Waals surface area contributed by atoms with E-state index in [0.717, 1.165) is 6.26 Å². The molecule has 1 aliphatic heterocycles. The Labute approximate surface area is 154 Å². The molecule has 1 unspecified atom stereocenters. The molecule has 1 fully saturated rings. The van der Waals surface area contributed by atoms with Crippen molar-refractivity contribution in [3.05, 3.63) is 58.1 Å². The van der Waals surface area contributed by atoms with Gasteiger partial charge in [0.2, 0.25) is 0 Å². The van der Waals surface area contributed by atoms with E-state index in [-0.39, 0.29) is 28.9 Å². The van der Waals surface area contributed by atoms with Crippen molar-refractivity contribution >= 4 is 26.9 Å². The summed E-state index contributed by atoms with van der Waals surface area (Å²) in [5, 5.41) is 14.4. The minimum atomic E-state index is -3.79. The second-order valence-corrected chi connectivity index (χ2v) is 8.31. The Kier molecular flexibility index (Phi) is 5.01. The molecule has 10 heteroatoms. The maximum absolute atomic E-state index is 14.0. The molecule has 1 heterocycles. The smallest absolute Gasteiger partial charge is 0.310 e. The summed E-state index contributed by atoms with van der Waals surface area (Å²) in [6.07, 6.45) is 1.38. The fourth-order valence-corrected chi connectivity index (χ4v) is 4.08. The van der Waals surface area contributed by atoms with Gasteiger partial charge in [0, 0.05) is 25.4 Å². The molecule has 2 aromatic carbocycles. The van der Waals surface area contributed by atoms with Gasteiger partial charge in [0.1, 0.15) is 27.9 Å². The Bertz CT molecular complexity index is 977. The quantitative estimate of drug-likeness (QED) is 0.616. The Balaban J connectivity index is 1.86. The van der Waals surface area contributed by atoms with Gasteiger partial charge in [-0.15, -0.1) is 0 Å². The van der Waals surface area contributed by atoms with Crippen molar-refractivity contribution in [1.82, 2.24) is 0 Å². The summed E-state index contributed by atoms with van der Waals surface area (Å²) >= 11 is 0. The van der Waals surface area contributed by atoms with E-state index in [2.05, 4.69) is 5.32 Å². The topological polar surface area (TPSA) is 92.6 Å². The monoisotopic (exact) mass is 397 g/mol. The largest absolute Gasteiger partial charge is 0.375 e. The van der Waals surface area contributed by atoms with Gasteiger partial charge in [0.25, 0.3) is 0 Å². The third-order valence-electron chi connectivity index (χ3n) is 4.38. The van der Waals surface area contributed by atoms with E-state index in [9.17, 15) is 27.3 Å². The third-order valence-corrected chi connectivity index (χ3v) is 5.51. The molecule has 1 N–H and O–H groups in total. The molecule has 0 saturated carbocycles. The highest BCUT2D eigenvalue weighted by molar-refractivity contribution is 7.90. The number of benzene rings is 2. The van der Waals surface area contributed by atoms with Crippen molar-refractivity contribution in [3.63, 3.8) is 0 Å². The standard InChI is InChI=1S/C17H17F2N3O4S/c1-27(25,26)15-7-3-6-14(17(15)22(23)24)20-11-8-9-21(10-11)16-12(18)4-2-5-13(16)19/h2-7,11,20H,8-10H2,1H3. The molecular weight excluding hydrogens is 380 g/mol. The number of sulfone groups is 1. The Morgan fingerprint density at radius 1 is 1.19 bits per heavy atom. The summed E-state index contributed by atoms with van der Waals surface area (Å²) in [4.78, 5) is 11.8. The van der Waals surface area contributed by atoms with Crippen molar-refractivity contribution in [2.24, 2.45) is 0 Å². The van der Waals surface area contributed by atoms with Crippen LogP contribution in [0.1, 0.15) is 6.42 Å². The number of hydrogen-bond donors (Lipinski definition) is 1. The number of para-hydroxylation sites is 2. The first kappa shape index (κ1) is 19.0. The van der Waals surface area contributed by atoms with Crippen LogP contribution in [0.25, 0.3) is 0 Å². The number of nitro groups is 1. The molecule has 3 rings (SSSR count). The van der Waals surface area contributed by atoms with Crippen LogP contribution in [0.15, 0.2) is 41.3 Å². The average molecular weight is 397 g/mol. The zero-order chi connectivity index (χ0) is 19.8. The van der Waals surface area contributed by atoms with Crippen LogP contribution < -0.4 is 10.2 Å². The second-order valence-electron chi connectivity index (χ2n) is 6.33. The molecular formula is C17H17F2N3O4S. The molecule has 0 radical (unpaired) electrons. The number of nitrogens with zero attached hydrogens (tertiary/aromatic N) is 2. The third kappa shape index (κ3) is 3.85. The van der Waals surface area contributed by atoms with Gasteiger partial charge in [-0.25, -0.2) is 17.2 Å². The summed E-state index contributed by atoms with van der Waals surface area (Å²) in [7, 11) is -3.79. The number of anilines is 2. The molecule has 0 bridgehead atoms. The normalized spacial score (nSPS) is 17.1. The van der Waals surface area contributed by atoms with Crippen LogP contribution in [0.4, 0.5) is 25.8 Å². The highest BCUT2D eigenvalue weighted by atomic mass is 32.2. The maximum atomic E-state index is 14.0. The van der Waals surface area contributed by atoms with Gasteiger partial charge in [0.15, 0.2) is 9.84 Å². The summed E-state index contributed by atoms with van der Waals surface area (Å²) in [5.74, 6) is -1.36. The number of rotatable bonds is 5. The van der Waals surface area contributed by atoms with Crippen molar-refractivity contribution in [2.45, 2.75) is 17.4 Å². The van der Waals surface area contributed by atoms with Gasteiger partial charge in [-0.1, -0.05) is 12.1 Å². The van der Waals surface area contributed by atoms with Crippen molar-refractivity contribution in [3.8, 4) is 0 Å². The van der Waals surface area contributed by atoms with Crippen LogP contribution in [0, 0.1) is 21.7 Å². The summed E-state index contributed by atoms with van der Waals surface area (Å²) in [6, 6.07) is 7.28. The average Bonchev–Trinajstić information content (AvgIpc) is 3.01. The lowest BCUT2D eigenvalue weighted by molar-refractivity contribution is -0.386. The molecule has 1 aliphatic rings. The molecule has 2 aromatic rings. The van der Waals surface area contributed by atoms with Crippen LogP contribution in [-0.4, -0.2) is 38.7 Å². The predicted octanol–water partition coefficient (Wildman–Crippen LogP) is 2.97. The minimum absolute atomic E-state index is 0.0591. The van der Waals surface area contributed by atoms with E-state index in [0.29, 0.717) is 13.0 Å². The minimum Gasteiger partial charge on any atom is -0.375 e. The van der Waals surface area contributed by atoms with Gasteiger partial charge < -0.3 is 10.2 Å². The SMILES string of the molecule is CS(=O)(=O)c1cccc(NC2CCN(c3c(F)cccc3F)C2)c1[N+](=O)[O-]. The van der Waals surface area contributed by atoms with E-state index in [1.807, 2.05) is 0 Å². The van der Waals surface area contributed by atoms with E-state index in [4.69, 9.17) is 0 Å². The molecule has 0 aliphatic carbocycles. The molecule has 1 atom stereocenters. The molecule has 144 valence electrons. The fraction of sp³-hybridized carbons (Fsp3) is 0.294. The highest BCUT2D eigenvalue weighted by Gasteiger charge is 2.31. The lowest BCUT2D eigenvalue weighted by Gasteiger charge is -2.20. The molecule has 0 spiro atoms. The van der Waals surface area contributed by atoms with Gasteiger partial charge in [-0.2, -0.15) is 0 Å². The molecule has 0 amide bonds. The zero-order valence-corrected chi connectivity index (χ0v) is 15.2. The fourth-order valence-electron chi connectivity index (χ4n) is 3.22. The molecule has 7 nitrogen and oxygen atoms in total. The van der Waals surface area contributed by atoms with Crippen LogP contribution in [0.3, 0.4) is 0 Å². The van der Waals surface area contributed by atoms with Crippen LogP contribution in [0.5, 0.6) is 0 Å². The van der Waals surface area contributed by atoms with Crippen molar-refractivity contribution < 1.29 is 22.1 Å². The second kappa shape index (κ2) is 7.10. The lowest BCUT2D eigenvalue weighted by Crippen LogP contribution is -2.27. The van der Waals surface area contributed by atoms with E-state index >= 15 is 0 Å².